The predicted octanol–water partition coefficient (Wildman–Crippen LogP) is 3.87. The van der Waals surface area contributed by atoms with Crippen molar-refractivity contribution < 1.29 is 27.6 Å². The zero-order chi connectivity index (χ0) is 21.4. The highest BCUT2D eigenvalue weighted by Crippen LogP contribution is 2.35. The van der Waals surface area contributed by atoms with Crippen molar-refractivity contribution in [3.05, 3.63) is 64.1 Å². The van der Waals surface area contributed by atoms with Gasteiger partial charge in [-0.05, 0) is 36.8 Å². The molecule has 10 heteroatoms. The van der Waals surface area contributed by atoms with Crippen LogP contribution in [0.4, 0.5) is 23.7 Å². The second-order valence-electron chi connectivity index (χ2n) is 6.55. The van der Waals surface area contributed by atoms with Gasteiger partial charge in [-0.2, -0.15) is 13.2 Å². The van der Waals surface area contributed by atoms with E-state index in [4.69, 9.17) is 0 Å². The number of benzene rings is 2. The molecule has 1 aliphatic rings. The van der Waals surface area contributed by atoms with Crippen LogP contribution in [-0.2, 0) is 21.3 Å². The van der Waals surface area contributed by atoms with Gasteiger partial charge in [0.25, 0.3) is 5.91 Å². The molecule has 0 bridgehead atoms. The van der Waals surface area contributed by atoms with Gasteiger partial charge < -0.3 is 10.6 Å². The van der Waals surface area contributed by atoms with Gasteiger partial charge >= 0.3 is 12.2 Å². The lowest BCUT2D eigenvalue weighted by Crippen LogP contribution is -2.42. The van der Waals surface area contributed by atoms with Crippen molar-refractivity contribution in [3.63, 3.8) is 0 Å². The van der Waals surface area contributed by atoms with Gasteiger partial charge in [0.15, 0.2) is 0 Å². The van der Waals surface area contributed by atoms with Crippen LogP contribution < -0.4 is 10.6 Å². The molecule has 4 amide bonds. The Kier molecular flexibility index (Phi) is 5.40. The maximum absolute atomic E-state index is 13.1. The van der Waals surface area contributed by atoms with E-state index >= 15 is 0 Å². The smallest absolute Gasteiger partial charge is 0.324 e. The molecule has 6 nitrogen and oxygen atoms in total. The number of nitrogens with zero attached hydrogens (tertiary/aromatic N) is 1. The molecule has 29 heavy (non-hydrogen) atoms. The molecule has 0 spiro atoms. The average Bonchev–Trinajstić information content (AvgIpc) is 2.85. The number of para-hydroxylation sites is 1. The van der Waals surface area contributed by atoms with Gasteiger partial charge in [0, 0.05) is 4.47 Å². The van der Waals surface area contributed by atoms with Crippen LogP contribution in [0.3, 0.4) is 0 Å². The molecule has 1 atom stereocenters. The zero-order valence-corrected chi connectivity index (χ0v) is 16.6. The number of anilines is 1. The Hall–Kier alpha value is -2.88. The summed E-state index contributed by atoms with van der Waals surface area (Å²) in [5, 5.41) is 4.66. The monoisotopic (exact) mass is 469 g/mol. The third-order valence-electron chi connectivity index (χ3n) is 4.49. The number of alkyl halides is 3. The fourth-order valence-electron chi connectivity index (χ4n) is 3.01. The quantitative estimate of drug-likeness (QED) is 0.667. The Morgan fingerprint density at radius 2 is 1.86 bits per heavy atom. The minimum atomic E-state index is -4.66. The van der Waals surface area contributed by atoms with Crippen molar-refractivity contribution in [2.75, 3.05) is 11.9 Å². The minimum Gasteiger partial charge on any atom is -0.324 e. The summed E-state index contributed by atoms with van der Waals surface area (Å²) >= 11 is 3.29. The molecule has 1 saturated heterocycles. The van der Waals surface area contributed by atoms with E-state index in [2.05, 4.69) is 26.6 Å². The van der Waals surface area contributed by atoms with Crippen molar-refractivity contribution >= 4 is 39.5 Å². The molecule has 1 aliphatic heterocycles. The molecule has 0 unspecified atom stereocenters. The molecular weight excluding hydrogens is 455 g/mol. The summed E-state index contributed by atoms with van der Waals surface area (Å²) in [7, 11) is 0. The van der Waals surface area contributed by atoms with Crippen molar-refractivity contribution in [2.24, 2.45) is 0 Å². The lowest BCUT2D eigenvalue weighted by molar-refractivity contribution is -0.137. The zero-order valence-electron chi connectivity index (χ0n) is 15.0. The maximum Gasteiger partial charge on any atom is 0.418 e. The summed E-state index contributed by atoms with van der Waals surface area (Å²) in [4.78, 5) is 38.1. The summed E-state index contributed by atoms with van der Waals surface area (Å²) in [5.41, 5.74) is -2.38. The summed E-state index contributed by atoms with van der Waals surface area (Å²) in [5.74, 6) is -1.61. The SMILES string of the molecule is C[C@@]1(c2cccc(Br)c2)NC(=O)N(CC(=O)Nc2ccccc2C(F)(F)F)C1=O. The minimum absolute atomic E-state index is 0.452. The average molecular weight is 470 g/mol. The van der Waals surface area contributed by atoms with Crippen molar-refractivity contribution in [1.29, 1.82) is 0 Å². The van der Waals surface area contributed by atoms with E-state index in [0.717, 1.165) is 12.1 Å². The summed E-state index contributed by atoms with van der Waals surface area (Å²) in [6.07, 6.45) is -4.66. The van der Waals surface area contributed by atoms with Crippen LogP contribution in [0.15, 0.2) is 53.0 Å². The van der Waals surface area contributed by atoms with E-state index in [1.807, 2.05) is 0 Å². The first-order valence-corrected chi connectivity index (χ1v) is 9.18. The number of amides is 4. The normalized spacial score (nSPS) is 19.3. The Morgan fingerprint density at radius 3 is 2.52 bits per heavy atom. The van der Waals surface area contributed by atoms with Crippen LogP contribution in [0.2, 0.25) is 0 Å². The first-order chi connectivity index (χ1) is 13.5. The summed E-state index contributed by atoms with van der Waals surface area (Å²) in [6, 6.07) is 10.4. The van der Waals surface area contributed by atoms with Crippen LogP contribution in [0.25, 0.3) is 0 Å². The van der Waals surface area contributed by atoms with Gasteiger partial charge in [-0.15, -0.1) is 0 Å². The van der Waals surface area contributed by atoms with Crippen molar-refractivity contribution in [3.8, 4) is 0 Å². The van der Waals surface area contributed by atoms with Crippen LogP contribution in [0, 0.1) is 0 Å². The summed E-state index contributed by atoms with van der Waals surface area (Å²) in [6.45, 7) is 0.770. The topological polar surface area (TPSA) is 78.5 Å². The van der Waals surface area contributed by atoms with E-state index in [1.165, 1.54) is 19.1 Å². The van der Waals surface area contributed by atoms with Gasteiger partial charge in [-0.1, -0.05) is 40.2 Å². The number of imide groups is 1. The molecule has 3 rings (SSSR count). The van der Waals surface area contributed by atoms with E-state index in [-0.39, 0.29) is 0 Å². The van der Waals surface area contributed by atoms with Gasteiger partial charge in [-0.3, -0.25) is 14.5 Å². The van der Waals surface area contributed by atoms with Crippen LogP contribution in [-0.4, -0.2) is 29.3 Å². The molecule has 2 aromatic rings. The highest BCUT2D eigenvalue weighted by Gasteiger charge is 2.49. The molecule has 1 fully saturated rings. The largest absolute Gasteiger partial charge is 0.418 e. The first-order valence-electron chi connectivity index (χ1n) is 8.38. The van der Waals surface area contributed by atoms with E-state index in [1.54, 1.807) is 24.3 Å². The van der Waals surface area contributed by atoms with Gasteiger partial charge in [0.05, 0.1) is 11.3 Å². The van der Waals surface area contributed by atoms with E-state index < -0.39 is 47.4 Å². The van der Waals surface area contributed by atoms with Crippen LogP contribution in [0.1, 0.15) is 18.1 Å². The lowest BCUT2D eigenvalue weighted by atomic mass is 9.92. The lowest BCUT2D eigenvalue weighted by Gasteiger charge is -2.22. The predicted molar refractivity (Wildman–Crippen MR) is 102 cm³/mol. The van der Waals surface area contributed by atoms with Gasteiger partial charge in [-0.25, -0.2) is 4.79 Å². The number of halogens is 4. The number of nitrogens with one attached hydrogen (secondary N) is 2. The third-order valence-corrected chi connectivity index (χ3v) is 4.98. The fraction of sp³-hybridized carbons (Fsp3) is 0.211. The Labute approximate surface area is 172 Å². The van der Waals surface area contributed by atoms with Crippen LogP contribution >= 0.6 is 15.9 Å². The molecule has 2 N–H and O–H groups in total. The van der Waals surface area contributed by atoms with E-state index in [9.17, 15) is 27.6 Å². The van der Waals surface area contributed by atoms with Gasteiger partial charge in [0.1, 0.15) is 12.1 Å². The number of urea groups is 1. The highest BCUT2D eigenvalue weighted by molar-refractivity contribution is 9.10. The maximum atomic E-state index is 13.1. The second kappa shape index (κ2) is 7.51. The molecule has 0 saturated carbocycles. The highest BCUT2D eigenvalue weighted by atomic mass is 79.9. The standard InChI is InChI=1S/C19H15BrF3N3O3/c1-18(11-5-4-6-12(20)9-11)16(28)26(17(29)25-18)10-15(27)24-14-8-3-2-7-13(14)19(21,22)23/h2-9H,10H2,1H3,(H,24,27)(H,25,29)/t18-/m0/s1. The first kappa shape index (κ1) is 20.8. The Balaban J connectivity index is 1.78. The Morgan fingerprint density at radius 1 is 1.17 bits per heavy atom. The molecular formula is C19H15BrF3N3O3. The second-order valence-corrected chi connectivity index (χ2v) is 7.46. The number of carbonyl (C=O) groups excluding carboxylic acids is 3. The van der Waals surface area contributed by atoms with Crippen molar-refractivity contribution in [1.82, 2.24) is 10.2 Å². The molecule has 0 aliphatic carbocycles. The number of rotatable bonds is 4. The molecule has 1 heterocycles. The molecule has 152 valence electrons. The number of hydrogen-bond acceptors (Lipinski definition) is 3. The fourth-order valence-corrected chi connectivity index (χ4v) is 3.41. The molecule has 0 aromatic heterocycles. The summed E-state index contributed by atoms with van der Waals surface area (Å²) < 4.78 is 39.9. The molecule has 2 aromatic carbocycles. The van der Waals surface area contributed by atoms with E-state index in [0.29, 0.717) is 14.9 Å². The van der Waals surface area contributed by atoms with Gasteiger partial charge in [0.2, 0.25) is 5.91 Å². The van der Waals surface area contributed by atoms with Crippen LogP contribution in [0.5, 0.6) is 0 Å². The number of carbonyl (C=O) groups is 3. The Bertz CT molecular complexity index is 996. The molecule has 0 radical (unpaired) electrons. The number of hydrogen-bond donors (Lipinski definition) is 2. The van der Waals surface area contributed by atoms with Crippen molar-refractivity contribution in [2.45, 2.75) is 18.6 Å². The third kappa shape index (κ3) is 4.12.